The van der Waals surface area contributed by atoms with E-state index in [9.17, 15) is 22.8 Å². The van der Waals surface area contributed by atoms with E-state index in [2.05, 4.69) is 16.0 Å². The van der Waals surface area contributed by atoms with Gasteiger partial charge < -0.3 is 20.7 Å². The normalized spacial score (nSPS) is 10.8. The van der Waals surface area contributed by atoms with Gasteiger partial charge >= 0.3 is 12.2 Å². The minimum atomic E-state index is -4.57. The molecule has 0 aromatic heterocycles. The van der Waals surface area contributed by atoms with Crippen molar-refractivity contribution >= 4 is 23.3 Å². The van der Waals surface area contributed by atoms with Crippen LogP contribution in [0.3, 0.4) is 0 Å². The van der Waals surface area contributed by atoms with Gasteiger partial charge in [0.05, 0.1) is 5.56 Å². The van der Waals surface area contributed by atoms with E-state index in [1.54, 1.807) is 12.1 Å². The molecule has 3 N–H and O–H groups in total. The zero-order chi connectivity index (χ0) is 19.2. The first kappa shape index (κ1) is 19.1. The van der Waals surface area contributed by atoms with Crippen LogP contribution in [0.15, 0.2) is 48.5 Å². The van der Waals surface area contributed by atoms with Crippen molar-refractivity contribution in [3.63, 3.8) is 0 Å². The number of amides is 3. The maximum Gasteiger partial charge on any atom is 0.419 e. The fourth-order valence-corrected chi connectivity index (χ4v) is 2.00. The summed E-state index contributed by atoms with van der Waals surface area (Å²) in [6.45, 7) is -0.578. The molecular weight excluding hydrogens is 351 g/mol. The summed E-state index contributed by atoms with van der Waals surface area (Å²) in [5.41, 5.74) is -0.0275. The zero-order valence-electron chi connectivity index (χ0n) is 13.7. The predicted octanol–water partition coefficient (Wildman–Crippen LogP) is 3.47. The number of rotatable bonds is 5. The fraction of sp³-hybridized carbons (Fsp3) is 0.176. The monoisotopic (exact) mass is 367 g/mol. The Kier molecular flexibility index (Phi) is 6.05. The Hall–Kier alpha value is -3.23. The average molecular weight is 367 g/mol. The molecule has 0 spiro atoms. The van der Waals surface area contributed by atoms with Gasteiger partial charge in [0.1, 0.15) is 5.75 Å². The summed E-state index contributed by atoms with van der Waals surface area (Å²) in [4.78, 5) is 23.0. The van der Waals surface area contributed by atoms with Crippen LogP contribution in [0.1, 0.15) is 5.56 Å². The quantitative estimate of drug-likeness (QED) is 0.757. The van der Waals surface area contributed by atoms with Crippen LogP contribution in [-0.2, 0) is 11.0 Å². The molecule has 0 unspecified atom stereocenters. The van der Waals surface area contributed by atoms with Gasteiger partial charge in [0.25, 0.3) is 5.91 Å². The van der Waals surface area contributed by atoms with Gasteiger partial charge in [-0.25, -0.2) is 4.79 Å². The number of carbonyl (C=O) groups is 2. The van der Waals surface area contributed by atoms with E-state index in [0.29, 0.717) is 11.4 Å². The molecule has 0 atom stereocenters. The summed E-state index contributed by atoms with van der Waals surface area (Å²) >= 11 is 0. The van der Waals surface area contributed by atoms with Gasteiger partial charge in [-0.3, -0.25) is 4.79 Å². The first-order valence-electron chi connectivity index (χ1n) is 7.47. The number of benzene rings is 2. The lowest BCUT2D eigenvalue weighted by atomic mass is 10.2. The highest BCUT2D eigenvalue weighted by atomic mass is 19.4. The van der Waals surface area contributed by atoms with Crippen molar-refractivity contribution in [2.24, 2.45) is 0 Å². The molecule has 0 bridgehead atoms. The Morgan fingerprint density at radius 1 is 0.962 bits per heavy atom. The topological polar surface area (TPSA) is 79.5 Å². The molecule has 0 fully saturated rings. The van der Waals surface area contributed by atoms with Crippen LogP contribution >= 0.6 is 0 Å². The second-order valence-corrected chi connectivity index (χ2v) is 5.11. The van der Waals surface area contributed by atoms with E-state index in [1.807, 2.05) is 0 Å². The Labute approximate surface area is 147 Å². The van der Waals surface area contributed by atoms with Crippen molar-refractivity contribution in [1.29, 1.82) is 0 Å². The lowest BCUT2D eigenvalue weighted by Gasteiger charge is -2.13. The second kappa shape index (κ2) is 8.24. The van der Waals surface area contributed by atoms with Gasteiger partial charge in [-0.2, -0.15) is 13.2 Å². The minimum Gasteiger partial charge on any atom is -0.483 e. The Morgan fingerprint density at radius 3 is 2.12 bits per heavy atom. The van der Waals surface area contributed by atoms with E-state index < -0.39 is 36.0 Å². The van der Waals surface area contributed by atoms with Gasteiger partial charge in [0.15, 0.2) is 6.61 Å². The van der Waals surface area contributed by atoms with Crippen molar-refractivity contribution in [1.82, 2.24) is 5.32 Å². The highest BCUT2D eigenvalue weighted by Gasteiger charge is 2.34. The standard InChI is InChI=1S/C17H16F3N3O3/c1-21-16(25)23-12-8-6-11(7-9-12)22-15(24)10-26-14-5-3-2-4-13(14)17(18,19)20/h2-9H,10H2,1H3,(H,22,24)(H2,21,23,25). The lowest BCUT2D eigenvalue weighted by molar-refractivity contribution is -0.139. The van der Waals surface area contributed by atoms with E-state index >= 15 is 0 Å². The maximum atomic E-state index is 12.9. The Balaban J connectivity index is 1.93. The summed E-state index contributed by atoms with van der Waals surface area (Å²) in [6.07, 6.45) is -4.57. The lowest BCUT2D eigenvalue weighted by Crippen LogP contribution is -2.24. The highest BCUT2D eigenvalue weighted by Crippen LogP contribution is 2.35. The molecule has 0 aliphatic rings. The third kappa shape index (κ3) is 5.40. The summed E-state index contributed by atoms with van der Waals surface area (Å²) in [6, 6.07) is 10.5. The van der Waals surface area contributed by atoms with E-state index in [4.69, 9.17) is 4.74 Å². The van der Waals surface area contributed by atoms with Gasteiger partial charge in [0, 0.05) is 18.4 Å². The van der Waals surface area contributed by atoms with E-state index in [-0.39, 0.29) is 0 Å². The van der Waals surface area contributed by atoms with Crippen molar-refractivity contribution in [3.05, 3.63) is 54.1 Å². The molecule has 0 radical (unpaired) electrons. The van der Waals surface area contributed by atoms with Crippen LogP contribution in [0, 0.1) is 0 Å². The number of hydrogen-bond acceptors (Lipinski definition) is 3. The summed E-state index contributed by atoms with van der Waals surface area (Å²) in [7, 11) is 1.47. The summed E-state index contributed by atoms with van der Waals surface area (Å²) in [5.74, 6) is -1.03. The predicted molar refractivity (Wildman–Crippen MR) is 90.1 cm³/mol. The van der Waals surface area contributed by atoms with Crippen LogP contribution < -0.4 is 20.7 Å². The number of halogens is 3. The van der Waals surface area contributed by atoms with E-state index in [0.717, 1.165) is 12.1 Å². The molecule has 0 saturated heterocycles. The minimum absolute atomic E-state index is 0.390. The molecule has 3 amide bonds. The van der Waals surface area contributed by atoms with Crippen LogP contribution in [-0.4, -0.2) is 25.6 Å². The smallest absolute Gasteiger partial charge is 0.419 e. The molecule has 2 rings (SSSR count). The van der Waals surface area contributed by atoms with Crippen LogP contribution in [0.25, 0.3) is 0 Å². The van der Waals surface area contributed by atoms with Gasteiger partial charge in [-0.15, -0.1) is 0 Å². The third-order valence-corrected chi connectivity index (χ3v) is 3.20. The van der Waals surface area contributed by atoms with Crippen LogP contribution in [0.4, 0.5) is 29.3 Å². The van der Waals surface area contributed by atoms with Crippen molar-refractivity contribution < 1.29 is 27.5 Å². The van der Waals surface area contributed by atoms with E-state index in [1.165, 1.54) is 31.3 Å². The zero-order valence-corrected chi connectivity index (χ0v) is 13.7. The third-order valence-electron chi connectivity index (χ3n) is 3.20. The van der Waals surface area contributed by atoms with Crippen LogP contribution in [0.5, 0.6) is 5.75 Å². The molecule has 0 heterocycles. The van der Waals surface area contributed by atoms with Gasteiger partial charge in [0.2, 0.25) is 0 Å². The molecule has 2 aromatic carbocycles. The molecule has 2 aromatic rings. The number of hydrogen-bond donors (Lipinski definition) is 3. The van der Waals surface area contributed by atoms with Gasteiger partial charge in [-0.05, 0) is 36.4 Å². The Bertz CT molecular complexity index is 777. The molecular formula is C17H16F3N3O3. The SMILES string of the molecule is CNC(=O)Nc1ccc(NC(=O)COc2ccccc2C(F)(F)F)cc1. The molecule has 0 aliphatic heterocycles. The molecule has 138 valence electrons. The molecule has 0 aliphatic carbocycles. The van der Waals surface area contributed by atoms with Crippen LogP contribution in [0.2, 0.25) is 0 Å². The summed E-state index contributed by atoms with van der Waals surface area (Å²) in [5, 5.41) is 7.43. The molecule has 6 nitrogen and oxygen atoms in total. The summed E-state index contributed by atoms with van der Waals surface area (Å²) < 4.78 is 43.6. The first-order chi connectivity index (χ1) is 12.3. The van der Waals surface area contributed by atoms with Crippen molar-refractivity contribution in [2.45, 2.75) is 6.18 Å². The van der Waals surface area contributed by atoms with Crippen molar-refractivity contribution in [3.8, 4) is 5.75 Å². The number of anilines is 2. The number of ether oxygens (including phenoxy) is 1. The first-order valence-corrected chi connectivity index (χ1v) is 7.47. The Morgan fingerprint density at radius 2 is 1.54 bits per heavy atom. The maximum absolute atomic E-state index is 12.9. The highest BCUT2D eigenvalue weighted by molar-refractivity contribution is 5.93. The number of para-hydroxylation sites is 1. The molecule has 26 heavy (non-hydrogen) atoms. The number of carbonyl (C=O) groups excluding carboxylic acids is 2. The van der Waals surface area contributed by atoms with Gasteiger partial charge in [-0.1, -0.05) is 12.1 Å². The fourth-order valence-electron chi connectivity index (χ4n) is 2.00. The average Bonchev–Trinajstić information content (AvgIpc) is 2.61. The largest absolute Gasteiger partial charge is 0.483 e. The molecule has 9 heteroatoms. The second-order valence-electron chi connectivity index (χ2n) is 5.11. The molecule has 0 saturated carbocycles. The number of nitrogens with one attached hydrogen (secondary N) is 3. The van der Waals surface area contributed by atoms with Crippen molar-refractivity contribution in [2.75, 3.05) is 24.3 Å². The number of urea groups is 1. The number of alkyl halides is 3.